The van der Waals surface area contributed by atoms with Crippen LogP contribution < -0.4 is 0 Å². The van der Waals surface area contributed by atoms with E-state index in [1.165, 1.54) is 12.1 Å². The third-order valence-electron chi connectivity index (χ3n) is 3.77. The number of hydrogen-bond acceptors (Lipinski definition) is 4. The lowest BCUT2D eigenvalue weighted by atomic mass is 10.1. The normalized spacial score (nSPS) is 11.0. The number of carbonyl (C=O) groups is 1. The molecule has 2 heterocycles. The van der Waals surface area contributed by atoms with Gasteiger partial charge in [0.1, 0.15) is 17.3 Å². The fourth-order valence-electron chi connectivity index (χ4n) is 2.50. The van der Waals surface area contributed by atoms with E-state index in [4.69, 9.17) is 8.94 Å². The van der Waals surface area contributed by atoms with Crippen LogP contribution in [-0.2, 0) is 17.9 Å². The summed E-state index contributed by atoms with van der Waals surface area (Å²) in [6.45, 7) is 4.37. The summed E-state index contributed by atoms with van der Waals surface area (Å²) in [5.41, 5.74) is 1.35. The minimum atomic E-state index is -0.310. The molecule has 0 bridgehead atoms. The maximum Gasteiger partial charge on any atom is 0.225 e. The average Bonchev–Trinajstić information content (AvgIpc) is 3.26. The predicted octanol–water partition coefficient (Wildman–Crippen LogP) is 4.26. The van der Waals surface area contributed by atoms with Gasteiger partial charge in [-0.15, -0.1) is 0 Å². The molecule has 3 rings (SSSR count). The largest absolute Gasteiger partial charge is 0.467 e. The van der Waals surface area contributed by atoms with Crippen LogP contribution in [0.1, 0.15) is 25.3 Å². The molecule has 2 aromatic heterocycles. The number of furan rings is 1. The Balaban J connectivity index is 1.77. The molecular weight excluding hydrogens is 323 g/mol. The molecule has 0 unspecified atom stereocenters. The maximum absolute atomic E-state index is 13.0. The quantitative estimate of drug-likeness (QED) is 0.671. The van der Waals surface area contributed by atoms with Crippen LogP contribution in [0.15, 0.2) is 57.7 Å². The number of rotatable bonds is 6. The van der Waals surface area contributed by atoms with Gasteiger partial charge in [0.05, 0.1) is 19.4 Å². The first-order chi connectivity index (χ1) is 12.0. The molecular formula is C19H19FN2O3. The predicted molar refractivity (Wildman–Crippen MR) is 89.7 cm³/mol. The summed E-state index contributed by atoms with van der Waals surface area (Å²) in [5, 5.41) is 4.03. The Bertz CT molecular complexity index is 823. The lowest BCUT2D eigenvalue weighted by Crippen LogP contribution is -2.33. The second kappa shape index (κ2) is 7.34. The van der Waals surface area contributed by atoms with Crippen molar-refractivity contribution in [3.05, 3.63) is 66.0 Å². The minimum absolute atomic E-state index is 0.00253. The van der Waals surface area contributed by atoms with Crippen LogP contribution in [0.5, 0.6) is 0 Å². The smallest absolute Gasteiger partial charge is 0.225 e. The highest BCUT2D eigenvalue weighted by atomic mass is 19.1. The van der Waals surface area contributed by atoms with E-state index in [1.54, 1.807) is 35.4 Å². The summed E-state index contributed by atoms with van der Waals surface area (Å²) in [5.74, 6) is 0.790. The summed E-state index contributed by atoms with van der Waals surface area (Å²) in [6, 6.07) is 11.4. The monoisotopic (exact) mass is 342 g/mol. The van der Waals surface area contributed by atoms with Crippen molar-refractivity contribution >= 4 is 5.91 Å². The van der Waals surface area contributed by atoms with Crippen molar-refractivity contribution in [2.45, 2.75) is 26.9 Å². The molecule has 0 atom stereocenters. The van der Waals surface area contributed by atoms with Gasteiger partial charge in [-0.3, -0.25) is 4.79 Å². The van der Waals surface area contributed by atoms with Crippen LogP contribution >= 0.6 is 0 Å². The van der Waals surface area contributed by atoms with Gasteiger partial charge < -0.3 is 13.8 Å². The van der Waals surface area contributed by atoms with E-state index in [2.05, 4.69) is 5.16 Å². The Morgan fingerprint density at radius 3 is 2.60 bits per heavy atom. The lowest BCUT2D eigenvalue weighted by molar-refractivity contribution is -0.136. The van der Waals surface area contributed by atoms with E-state index in [1.807, 2.05) is 19.9 Å². The Labute approximate surface area is 145 Å². The molecule has 0 aliphatic carbocycles. The second-order valence-electron chi connectivity index (χ2n) is 6.12. The van der Waals surface area contributed by atoms with E-state index >= 15 is 0 Å². The van der Waals surface area contributed by atoms with E-state index in [0.717, 1.165) is 5.56 Å². The third kappa shape index (κ3) is 4.15. The number of halogens is 1. The third-order valence-corrected chi connectivity index (χ3v) is 3.77. The molecule has 0 N–H and O–H groups in total. The Hall–Kier alpha value is -2.89. The SMILES string of the molecule is CC(C)C(=O)N(Cc1cc(-c2ccc(F)cc2)on1)Cc1ccco1. The summed E-state index contributed by atoms with van der Waals surface area (Å²) in [6.07, 6.45) is 1.58. The summed E-state index contributed by atoms with van der Waals surface area (Å²) >= 11 is 0. The molecule has 0 fully saturated rings. The van der Waals surface area contributed by atoms with E-state index < -0.39 is 0 Å². The second-order valence-corrected chi connectivity index (χ2v) is 6.12. The fraction of sp³-hybridized carbons (Fsp3) is 0.263. The van der Waals surface area contributed by atoms with Gasteiger partial charge >= 0.3 is 0 Å². The van der Waals surface area contributed by atoms with Gasteiger partial charge in [-0.2, -0.15) is 0 Å². The maximum atomic E-state index is 13.0. The Morgan fingerprint density at radius 2 is 1.96 bits per heavy atom. The molecule has 25 heavy (non-hydrogen) atoms. The molecule has 0 aliphatic rings. The van der Waals surface area contributed by atoms with Gasteiger partial charge in [0.2, 0.25) is 5.91 Å². The number of hydrogen-bond donors (Lipinski definition) is 0. The fourth-order valence-corrected chi connectivity index (χ4v) is 2.50. The van der Waals surface area contributed by atoms with Gasteiger partial charge in [-0.05, 0) is 36.4 Å². The first-order valence-electron chi connectivity index (χ1n) is 8.05. The molecule has 0 saturated heterocycles. The lowest BCUT2D eigenvalue weighted by Gasteiger charge is -2.22. The first-order valence-corrected chi connectivity index (χ1v) is 8.05. The van der Waals surface area contributed by atoms with Crippen molar-refractivity contribution in [1.29, 1.82) is 0 Å². The minimum Gasteiger partial charge on any atom is -0.467 e. The van der Waals surface area contributed by atoms with Crippen molar-refractivity contribution in [2.75, 3.05) is 0 Å². The highest BCUT2D eigenvalue weighted by molar-refractivity contribution is 5.78. The van der Waals surface area contributed by atoms with Crippen LogP contribution in [0.3, 0.4) is 0 Å². The zero-order valence-corrected chi connectivity index (χ0v) is 14.1. The van der Waals surface area contributed by atoms with Crippen LogP contribution in [0.2, 0.25) is 0 Å². The van der Waals surface area contributed by atoms with Crippen LogP contribution in [0.4, 0.5) is 4.39 Å². The molecule has 130 valence electrons. The van der Waals surface area contributed by atoms with Gasteiger partial charge in [0, 0.05) is 17.5 Å². The standard InChI is InChI=1S/C19H19FN2O3/c1-13(2)19(23)22(12-17-4-3-9-24-17)11-16-10-18(25-21-16)14-5-7-15(20)8-6-14/h3-10,13H,11-12H2,1-2H3. The molecule has 0 spiro atoms. The molecule has 3 aromatic rings. The van der Waals surface area contributed by atoms with Crippen molar-refractivity contribution in [3.8, 4) is 11.3 Å². The van der Waals surface area contributed by atoms with Gasteiger partial charge in [0.25, 0.3) is 0 Å². The van der Waals surface area contributed by atoms with Crippen LogP contribution in [0.25, 0.3) is 11.3 Å². The zero-order chi connectivity index (χ0) is 17.8. The molecule has 0 aliphatic heterocycles. The van der Waals surface area contributed by atoms with E-state index in [9.17, 15) is 9.18 Å². The molecule has 0 radical (unpaired) electrons. The van der Waals surface area contributed by atoms with E-state index in [-0.39, 0.29) is 17.6 Å². The number of amides is 1. The number of carbonyl (C=O) groups excluding carboxylic acids is 1. The van der Waals surface area contributed by atoms with Crippen LogP contribution in [0, 0.1) is 11.7 Å². The van der Waals surface area contributed by atoms with Gasteiger partial charge in [0.15, 0.2) is 5.76 Å². The number of benzene rings is 1. The Morgan fingerprint density at radius 1 is 1.20 bits per heavy atom. The Kier molecular flexibility index (Phi) is 4.97. The van der Waals surface area contributed by atoms with Gasteiger partial charge in [-0.1, -0.05) is 19.0 Å². The average molecular weight is 342 g/mol. The van der Waals surface area contributed by atoms with Crippen molar-refractivity contribution in [2.24, 2.45) is 5.92 Å². The molecule has 1 amide bonds. The number of nitrogens with zero attached hydrogens (tertiary/aromatic N) is 2. The zero-order valence-electron chi connectivity index (χ0n) is 14.1. The number of aromatic nitrogens is 1. The summed E-state index contributed by atoms with van der Waals surface area (Å²) in [4.78, 5) is 14.1. The molecule has 1 aromatic carbocycles. The summed E-state index contributed by atoms with van der Waals surface area (Å²) in [7, 11) is 0. The molecule has 5 nitrogen and oxygen atoms in total. The van der Waals surface area contributed by atoms with Crippen molar-refractivity contribution in [1.82, 2.24) is 10.1 Å². The van der Waals surface area contributed by atoms with E-state index in [0.29, 0.717) is 30.3 Å². The summed E-state index contributed by atoms with van der Waals surface area (Å²) < 4.78 is 23.7. The van der Waals surface area contributed by atoms with Crippen molar-refractivity contribution < 1.29 is 18.1 Å². The topological polar surface area (TPSA) is 59.5 Å². The molecule has 6 heteroatoms. The highest BCUT2D eigenvalue weighted by Crippen LogP contribution is 2.22. The van der Waals surface area contributed by atoms with Crippen molar-refractivity contribution in [3.63, 3.8) is 0 Å². The first kappa shape index (κ1) is 17.0. The highest BCUT2D eigenvalue weighted by Gasteiger charge is 2.20. The van der Waals surface area contributed by atoms with Crippen LogP contribution in [-0.4, -0.2) is 16.0 Å². The van der Waals surface area contributed by atoms with Gasteiger partial charge in [-0.25, -0.2) is 4.39 Å². The molecule has 0 saturated carbocycles.